The van der Waals surface area contributed by atoms with Crippen molar-refractivity contribution < 1.29 is 9.53 Å². The number of rotatable bonds is 4. The fourth-order valence-electron chi connectivity index (χ4n) is 2.77. The van der Waals surface area contributed by atoms with E-state index in [0.29, 0.717) is 54.0 Å². The minimum absolute atomic E-state index is 0.0923. The van der Waals surface area contributed by atoms with E-state index in [2.05, 4.69) is 10.6 Å². The van der Waals surface area contributed by atoms with Crippen LogP contribution < -0.4 is 15.4 Å². The predicted octanol–water partition coefficient (Wildman–Crippen LogP) is 8.49. The van der Waals surface area contributed by atoms with Crippen molar-refractivity contribution in [3.8, 4) is 11.5 Å². The van der Waals surface area contributed by atoms with Crippen molar-refractivity contribution in [1.29, 1.82) is 0 Å². The molecule has 0 heterocycles. The Hall–Kier alpha value is -1.73. The lowest BCUT2D eigenvalue weighted by Crippen LogP contribution is -2.34. The third-order valence-corrected chi connectivity index (χ3v) is 6.44. The van der Waals surface area contributed by atoms with Crippen molar-refractivity contribution in [3.63, 3.8) is 0 Å². The smallest absolute Gasteiger partial charge is 0.258 e. The summed E-state index contributed by atoms with van der Waals surface area (Å²) in [5.41, 5.74) is 2.26. The topological polar surface area (TPSA) is 50.4 Å². The van der Waals surface area contributed by atoms with Crippen LogP contribution in [0.5, 0.6) is 11.5 Å². The van der Waals surface area contributed by atoms with E-state index in [4.69, 9.17) is 75.0 Å². The number of carbonyl (C=O) groups is 1. The summed E-state index contributed by atoms with van der Waals surface area (Å²) < 4.78 is 5.93. The molecule has 0 aliphatic rings. The van der Waals surface area contributed by atoms with Gasteiger partial charge in [-0.3, -0.25) is 10.1 Å². The Morgan fingerprint density at radius 2 is 1.56 bits per heavy atom. The normalized spacial score (nSPS) is 10.6. The van der Waals surface area contributed by atoms with Crippen LogP contribution in [0.2, 0.25) is 25.1 Å². The first-order valence-electron chi connectivity index (χ1n) is 9.07. The van der Waals surface area contributed by atoms with Gasteiger partial charge in [-0.15, -0.1) is 0 Å². The molecule has 3 rings (SSSR count). The van der Waals surface area contributed by atoms with Crippen LogP contribution in [0.25, 0.3) is 0 Å². The second kappa shape index (κ2) is 10.5. The predicted molar refractivity (Wildman–Crippen MR) is 138 cm³/mol. The molecule has 0 atom stereocenters. The van der Waals surface area contributed by atoms with Crippen LogP contribution in [0.3, 0.4) is 0 Å². The van der Waals surface area contributed by atoms with Crippen LogP contribution in [0.4, 0.5) is 5.69 Å². The number of amides is 1. The largest absolute Gasteiger partial charge is 0.454 e. The number of hydrogen-bond donors (Lipinski definition) is 2. The van der Waals surface area contributed by atoms with Crippen molar-refractivity contribution in [3.05, 3.63) is 84.3 Å². The summed E-state index contributed by atoms with van der Waals surface area (Å²) in [5.74, 6) is 0.289. The molecule has 3 aromatic carbocycles. The maximum absolute atomic E-state index is 12.4. The summed E-state index contributed by atoms with van der Waals surface area (Å²) in [7, 11) is 0. The third-order valence-electron chi connectivity index (χ3n) is 4.43. The summed E-state index contributed by atoms with van der Waals surface area (Å²) in [5, 5.41) is 7.25. The Bertz CT molecular complexity index is 1230. The second-order valence-electron chi connectivity index (χ2n) is 6.70. The number of aryl methyl sites for hydroxylation is 1. The number of carbonyl (C=O) groups excluding carboxylic acids is 1. The maximum Gasteiger partial charge on any atom is 0.258 e. The fourth-order valence-corrected chi connectivity index (χ4v) is 4.06. The molecular weight excluding hydrogens is 534 g/mol. The van der Waals surface area contributed by atoms with E-state index in [1.807, 2.05) is 6.92 Å². The summed E-state index contributed by atoms with van der Waals surface area (Å²) in [6.07, 6.45) is 0. The molecular formula is C22H15Cl5N2O2S. The lowest BCUT2D eigenvalue weighted by Gasteiger charge is -2.18. The molecule has 2 N–H and O–H groups in total. The zero-order chi connectivity index (χ0) is 23.6. The number of thiocarbonyl (C=S) groups is 1. The molecule has 0 aliphatic heterocycles. The van der Waals surface area contributed by atoms with Gasteiger partial charge in [0.05, 0.1) is 30.7 Å². The van der Waals surface area contributed by atoms with Gasteiger partial charge < -0.3 is 10.1 Å². The van der Waals surface area contributed by atoms with Crippen LogP contribution >= 0.6 is 70.2 Å². The molecule has 10 heteroatoms. The van der Waals surface area contributed by atoms with E-state index in [1.54, 1.807) is 37.3 Å². The van der Waals surface area contributed by atoms with Crippen molar-refractivity contribution in [2.24, 2.45) is 0 Å². The molecule has 3 aromatic rings. The van der Waals surface area contributed by atoms with Crippen molar-refractivity contribution in [2.75, 3.05) is 5.32 Å². The van der Waals surface area contributed by atoms with Gasteiger partial charge in [-0.25, -0.2) is 0 Å². The average Bonchev–Trinajstić information content (AvgIpc) is 2.73. The monoisotopic (exact) mass is 546 g/mol. The van der Waals surface area contributed by atoms with E-state index >= 15 is 0 Å². The zero-order valence-electron chi connectivity index (χ0n) is 16.7. The molecule has 0 saturated carbocycles. The van der Waals surface area contributed by atoms with Gasteiger partial charge in [0, 0.05) is 11.8 Å². The highest BCUT2D eigenvalue weighted by Crippen LogP contribution is 2.42. The van der Waals surface area contributed by atoms with Gasteiger partial charge in [-0.1, -0.05) is 70.1 Å². The molecule has 0 bridgehead atoms. The van der Waals surface area contributed by atoms with Crippen molar-refractivity contribution in [2.45, 2.75) is 13.8 Å². The first kappa shape index (κ1) is 24.9. The Balaban J connectivity index is 1.81. The second-order valence-corrected chi connectivity index (χ2v) is 9.11. The van der Waals surface area contributed by atoms with Crippen LogP contribution in [0.1, 0.15) is 21.5 Å². The van der Waals surface area contributed by atoms with E-state index in [-0.39, 0.29) is 10.1 Å². The van der Waals surface area contributed by atoms with Crippen LogP contribution in [0, 0.1) is 13.8 Å². The SMILES string of the molecule is Cc1cc(NC(=S)NC(=O)c2ccccc2Cl)c(C)c(Cl)c1Oc1cc(Cl)c(Cl)cc1Cl. The number of halogens is 5. The number of anilines is 1. The number of benzene rings is 3. The van der Waals surface area contributed by atoms with E-state index in [9.17, 15) is 4.79 Å². The molecule has 32 heavy (non-hydrogen) atoms. The highest BCUT2D eigenvalue weighted by molar-refractivity contribution is 7.80. The van der Waals surface area contributed by atoms with Crippen LogP contribution in [0.15, 0.2) is 42.5 Å². The molecule has 0 saturated heterocycles. The van der Waals surface area contributed by atoms with E-state index in [1.165, 1.54) is 12.1 Å². The number of nitrogens with one attached hydrogen (secondary N) is 2. The van der Waals surface area contributed by atoms with Gasteiger partial charge in [0.15, 0.2) is 5.11 Å². The quantitative estimate of drug-likeness (QED) is 0.254. The van der Waals surface area contributed by atoms with Gasteiger partial charge in [0.25, 0.3) is 5.91 Å². The first-order valence-corrected chi connectivity index (χ1v) is 11.4. The molecule has 4 nitrogen and oxygen atoms in total. The minimum Gasteiger partial charge on any atom is -0.454 e. The Labute approximate surface area is 215 Å². The zero-order valence-corrected chi connectivity index (χ0v) is 21.3. The Morgan fingerprint density at radius 1 is 0.906 bits per heavy atom. The molecule has 0 fully saturated rings. The van der Waals surface area contributed by atoms with Gasteiger partial charge in [-0.05, 0) is 61.5 Å². The van der Waals surface area contributed by atoms with E-state index in [0.717, 1.165) is 0 Å². The van der Waals surface area contributed by atoms with Gasteiger partial charge in [-0.2, -0.15) is 0 Å². The number of ether oxygens (including phenoxy) is 1. The summed E-state index contributed by atoms with van der Waals surface area (Å²) in [4.78, 5) is 12.4. The van der Waals surface area contributed by atoms with Crippen molar-refractivity contribution >= 4 is 86.9 Å². The molecule has 166 valence electrons. The van der Waals surface area contributed by atoms with Crippen molar-refractivity contribution in [1.82, 2.24) is 5.32 Å². The minimum atomic E-state index is -0.428. The maximum atomic E-state index is 12.4. The van der Waals surface area contributed by atoms with Gasteiger partial charge >= 0.3 is 0 Å². The molecule has 0 unspecified atom stereocenters. The Kier molecular flexibility index (Phi) is 8.15. The molecule has 0 aliphatic carbocycles. The summed E-state index contributed by atoms with van der Waals surface area (Å²) in [6.45, 7) is 3.59. The summed E-state index contributed by atoms with van der Waals surface area (Å²) >= 11 is 36.2. The average molecular weight is 549 g/mol. The lowest BCUT2D eigenvalue weighted by atomic mass is 10.1. The first-order chi connectivity index (χ1) is 15.1. The Morgan fingerprint density at radius 3 is 2.25 bits per heavy atom. The fraction of sp³-hybridized carbons (Fsp3) is 0.0909. The van der Waals surface area contributed by atoms with Gasteiger partial charge in [0.1, 0.15) is 11.5 Å². The third kappa shape index (κ3) is 5.60. The molecule has 1 amide bonds. The van der Waals surface area contributed by atoms with Crippen LogP contribution in [-0.2, 0) is 0 Å². The highest BCUT2D eigenvalue weighted by atomic mass is 35.5. The molecule has 0 spiro atoms. The lowest BCUT2D eigenvalue weighted by molar-refractivity contribution is 0.0978. The summed E-state index contributed by atoms with van der Waals surface area (Å²) in [6, 6.07) is 11.5. The van der Waals surface area contributed by atoms with E-state index < -0.39 is 5.91 Å². The molecule has 0 radical (unpaired) electrons. The van der Waals surface area contributed by atoms with Gasteiger partial charge in [0.2, 0.25) is 0 Å². The highest BCUT2D eigenvalue weighted by Gasteiger charge is 2.18. The number of hydrogen-bond acceptors (Lipinski definition) is 3. The van der Waals surface area contributed by atoms with Crippen LogP contribution in [-0.4, -0.2) is 11.0 Å². The molecule has 0 aromatic heterocycles. The standard InChI is InChI=1S/C22H15Cl5N2O2S/c1-10-7-17(28-22(32)29-21(30)12-5-3-4-6-13(12)23)11(2)19(27)20(10)31-18-9-15(25)14(24)8-16(18)26/h3-9H,1-2H3,(H2,28,29,30,32).